The Hall–Kier alpha value is -4.23. The highest BCUT2D eigenvalue weighted by molar-refractivity contribution is 6.24. The topological polar surface area (TPSA) is 212 Å². The first kappa shape index (κ1) is 32.2. The third kappa shape index (κ3) is 5.59. The van der Waals surface area contributed by atoms with Gasteiger partial charge in [-0.15, -0.1) is 0 Å². The van der Waals surface area contributed by atoms with Crippen LogP contribution in [-0.4, -0.2) is 67.1 Å². The van der Waals surface area contributed by atoms with Gasteiger partial charge >= 0.3 is 0 Å². The fourth-order valence-corrected chi connectivity index (χ4v) is 6.74. The molecule has 3 aliphatic carbocycles. The standard InChI is InChI=1S/C33H39N3O9/c1-5-45-23-9-6-15(10-17(23)14-35-31(43)36-32(2,3)4)19-7-8-21(37)25-20(19)12-16-11-18-13-22(38)26(30(34)42)29(41)33(18,44)28(40)24(16)27(25)39/h6-10,16,18,31,35-38,40,43-44H,5,11-14H2,1-4H3,(H2,34,42)/t16-,18+,31?,33+/m1/s1. The lowest BCUT2D eigenvalue weighted by Crippen LogP contribution is -2.57. The first-order chi connectivity index (χ1) is 21.1. The number of nitrogens with two attached hydrogens (primary N) is 1. The molecule has 0 radical (unpaired) electrons. The molecule has 12 heteroatoms. The zero-order valence-electron chi connectivity index (χ0n) is 25.6. The van der Waals surface area contributed by atoms with Gasteiger partial charge < -0.3 is 36.0 Å². The van der Waals surface area contributed by atoms with Crippen LogP contribution in [0.1, 0.15) is 62.0 Å². The molecule has 0 saturated heterocycles. The van der Waals surface area contributed by atoms with Crippen molar-refractivity contribution >= 4 is 17.5 Å². The number of nitrogens with one attached hydrogen (secondary N) is 2. The maximum Gasteiger partial charge on any atom is 0.255 e. The van der Waals surface area contributed by atoms with E-state index in [1.54, 1.807) is 12.1 Å². The first-order valence-corrected chi connectivity index (χ1v) is 14.9. The van der Waals surface area contributed by atoms with Gasteiger partial charge in [-0.3, -0.25) is 25.0 Å². The van der Waals surface area contributed by atoms with Crippen molar-refractivity contribution in [2.45, 2.75) is 71.0 Å². The number of hydrogen-bond donors (Lipinski definition) is 8. The molecule has 0 aromatic heterocycles. The molecule has 12 nitrogen and oxygen atoms in total. The van der Waals surface area contributed by atoms with E-state index in [1.807, 2.05) is 39.8 Å². The quantitative estimate of drug-likeness (QED) is 0.158. The summed E-state index contributed by atoms with van der Waals surface area (Å²) in [5.41, 5.74) is 3.83. The van der Waals surface area contributed by atoms with Crippen LogP contribution in [0, 0.1) is 11.8 Å². The number of phenolic OH excluding ortho intramolecular Hbond substituents is 1. The van der Waals surface area contributed by atoms with Crippen LogP contribution in [0.3, 0.4) is 0 Å². The number of carbonyl (C=O) groups excluding carboxylic acids is 3. The SMILES string of the molecule is CCOc1ccc(-c2ccc(O)c3c2C[C@H]2C[C@H]4CC(O)=C(C(N)=O)C(=O)[C@@]4(O)C(O)=C2C3=O)cc1CNC(O)NC(C)(C)C. The van der Waals surface area contributed by atoms with Crippen LogP contribution in [0.2, 0.25) is 0 Å². The van der Waals surface area contributed by atoms with Crippen molar-refractivity contribution in [3.8, 4) is 22.6 Å². The van der Waals surface area contributed by atoms with Crippen molar-refractivity contribution in [1.29, 1.82) is 0 Å². The lowest BCUT2D eigenvalue weighted by Gasteiger charge is -2.45. The molecule has 45 heavy (non-hydrogen) atoms. The minimum absolute atomic E-state index is 0.0368. The number of carbonyl (C=O) groups is 3. The van der Waals surface area contributed by atoms with E-state index < -0.39 is 58.4 Å². The van der Waals surface area contributed by atoms with Crippen LogP contribution in [0.15, 0.2) is 53.0 Å². The summed E-state index contributed by atoms with van der Waals surface area (Å²) >= 11 is 0. The van der Waals surface area contributed by atoms with Crippen molar-refractivity contribution in [2.24, 2.45) is 17.6 Å². The summed E-state index contributed by atoms with van der Waals surface area (Å²) in [4.78, 5) is 39.0. The highest BCUT2D eigenvalue weighted by Crippen LogP contribution is 2.52. The molecule has 3 aliphatic rings. The van der Waals surface area contributed by atoms with Crippen LogP contribution in [-0.2, 0) is 22.6 Å². The number of phenols is 1. The van der Waals surface area contributed by atoms with Crippen molar-refractivity contribution in [2.75, 3.05) is 6.61 Å². The molecule has 0 saturated carbocycles. The number of fused-ring (bicyclic) bond motifs is 3. The molecule has 9 N–H and O–H groups in total. The van der Waals surface area contributed by atoms with E-state index >= 15 is 0 Å². The number of aliphatic hydroxyl groups excluding tert-OH is 3. The Balaban J connectivity index is 1.56. The minimum Gasteiger partial charge on any atom is -0.511 e. The summed E-state index contributed by atoms with van der Waals surface area (Å²) in [7, 11) is 0. The number of Topliss-reactive ketones (excluding diaryl/α,β-unsaturated/α-hetero) is 2. The molecule has 0 bridgehead atoms. The van der Waals surface area contributed by atoms with Gasteiger partial charge in [0.2, 0.25) is 5.78 Å². The molecule has 0 heterocycles. The highest BCUT2D eigenvalue weighted by Gasteiger charge is 2.59. The van der Waals surface area contributed by atoms with Crippen molar-refractivity contribution in [1.82, 2.24) is 10.6 Å². The van der Waals surface area contributed by atoms with Crippen LogP contribution in [0.4, 0.5) is 0 Å². The molecule has 5 rings (SSSR count). The van der Waals surface area contributed by atoms with E-state index in [0.29, 0.717) is 29.0 Å². The predicted molar refractivity (Wildman–Crippen MR) is 163 cm³/mol. The molecule has 2 aromatic rings. The average molecular weight is 622 g/mol. The molecule has 240 valence electrons. The second kappa shape index (κ2) is 11.6. The van der Waals surface area contributed by atoms with E-state index in [-0.39, 0.29) is 48.2 Å². The van der Waals surface area contributed by atoms with Crippen molar-refractivity contribution < 1.29 is 44.7 Å². The Labute approximate surface area is 260 Å². The zero-order valence-corrected chi connectivity index (χ0v) is 25.6. The lowest BCUT2D eigenvalue weighted by molar-refractivity contribution is -0.144. The molecular formula is C33H39N3O9. The Morgan fingerprint density at radius 3 is 2.49 bits per heavy atom. The smallest absolute Gasteiger partial charge is 0.255 e. The number of primary amides is 1. The largest absolute Gasteiger partial charge is 0.511 e. The van der Waals surface area contributed by atoms with Crippen LogP contribution in [0.25, 0.3) is 11.1 Å². The number of allylic oxidation sites excluding steroid dienone is 2. The molecule has 1 amide bonds. The van der Waals surface area contributed by atoms with Crippen LogP contribution in [0.5, 0.6) is 11.5 Å². The average Bonchev–Trinajstić information content (AvgIpc) is 2.93. The molecular weight excluding hydrogens is 582 g/mol. The number of aromatic hydroxyl groups is 1. The van der Waals surface area contributed by atoms with Crippen molar-refractivity contribution in [3.63, 3.8) is 0 Å². The maximum absolute atomic E-state index is 13.9. The van der Waals surface area contributed by atoms with E-state index in [2.05, 4.69) is 10.6 Å². The van der Waals surface area contributed by atoms with E-state index in [4.69, 9.17) is 10.5 Å². The Morgan fingerprint density at radius 2 is 1.84 bits per heavy atom. The summed E-state index contributed by atoms with van der Waals surface area (Å²) in [5, 5.41) is 60.5. The van der Waals surface area contributed by atoms with Gasteiger partial charge in [0.25, 0.3) is 5.91 Å². The van der Waals surface area contributed by atoms with Crippen LogP contribution >= 0.6 is 0 Å². The number of benzene rings is 2. The number of ketones is 2. The van der Waals surface area contributed by atoms with Gasteiger partial charge in [0.15, 0.2) is 17.7 Å². The number of amides is 1. The van der Waals surface area contributed by atoms with Crippen molar-refractivity contribution in [3.05, 3.63) is 69.7 Å². The molecule has 4 atom stereocenters. The Bertz CT molecular complexity index is 1660. The van der Waals surface area contributed by atoms with Gasteiger partial charge in [0.05, 0.1) is 12.2 Å². The van der Waals surface area contributed by atoms with Gasteiger partial charge in [0, 0.05) is 35.6 Å². The van der Waals surface area contributed by atoms with Crippen LogP contribution < -0.4 is 21.1 Å². The number of rotatable bonds is 8. The predicted octanol–water partition coefficient (Wildman–Crippen LogP) is 2.40. The lowest BCUT2D eigenvalue weighted by atomic mass is 9.60. The summed E-state index contributed by atoms with van der Waals surface area (Å²) in [6.45, 7) is 8.30. The summed E-state index contributed by atoms with van der Waals surface area (Å²) in [6.07, 6.45) is -1.08. The van der Waals surface area contributed by atoms with E-state index in [9.17, 15) is 39.9 Å². The normalized spacial score (nSPS) is 23.8. The van der Waals surface area contributed by atoms with Gasteiger partial charge in [-0.25, -0.2) is 0 Å². The summed E-state index contributed by atoms with van der Waals surface area (Å²) < 4.78 is 5.82. The Kier molecular flexibility index (Phi) is 8.30. The third-order valence-electron chi connectivity index (χ3n) is 8.67. The van der Waals surface area contributed by atoms with E-state index in [0.717, 1.165) is 5.56 Å². The fourth-order valence-electron chi connectivity index (χ4n) is 6.74. The number of hydrogen-bond acceptors (Lipinski definition) is 11. The van der Waals surface area contributed by atoms with Gasteiger partial charge in [-0.2, -0.15) is 0 Å². The summed E-state index contributed by atoms with van der Waals surface area (Å²) in [6, 6.07) is 8.55. The summed E-state index contributed by atoms with van der Waals surface area (Å²) in [5.74, 6) is -6.13. The minimum atomic E-state index is -2.62. The van der Waals surface area contributed by atoms with Gasteiger partial charge in [-0.1, -0.05) is 12.1 Å². The third-order valence-corrected chi connectivity index (χ3v) is 8.67. The number of aliphatic hydroxyl groups is 4. The first-order valence-electron chi connectivity index (χ1n) is 14.9. The molecule has 0 spiro atoms. The van der Waals surface area contributed by atoms with Gasteiger partial charge in [0.1, 0.15) is 28.6 Å². The molecule has 0 aliphatic heterocycles. The zero-order chi connectivity index (χ0) is 33.0. The monoisotopic (exact) mass is 621 g/mol. The highest BCUT2D eigenvalue weighted by atomic mass is 16.5. The fraction of sp³-hybridized carbons (Fsp3) is 0.424. The number of ether oxygens (including phenoxy) is 1. The molecule has 0 fully saturated rings. The second-order valence-electron chi connectivity index (χ2n) is 12.8. The van der Waals surface area contributed by atoms with E-state index in [1.165, 1.54) is 6.07 Å². The second-order valence-corrected chi connectivity index (χ2v) is 12.8. The Morgan fingerprint density at radius 1 is 1.13 bits per heavy atom. The maximum atomic E-state index is 13.9. The molecule has 1 unspecified atom stereocenters. The molecule has 2 aromatic carbocycles. The van der Waals surface area contributed by atoms with Gasteiger partial charge in [-0.05, 0) is 81.3 Å².